The topological polar surface area (TPSA) is 42.7 Å². The second-order valence-electron chi connectivity index (χ2n) is 6.52. The van der Waals surface area contributed by atoms with Gasteiger partial charge in [-0.05, 0) is 49.7 Å². The van der Waals surface area contributed by atoms with Crippen LogP contribution >= 0.6 is 25.4 Å². The third-order valence-electron chi connectivity index (χ3n) is 4.61. The number of aromatic nitrogens is 3. The highest BCUT2D eigenvalue weighted by Crippen LogP contribution is 2.34. The second kappa shape index (κ2) is 7.29. The molecule has 4 aromatic rings. The van der Waals surface area contributed by atoms with Crippen molar-refractivity contribution in [2.24, 2.45) is 0 Å². The first kappa shape index (κ1) is 17.9. The van der Waals surface area contributed by atoms with E-state index in [-0.39, 0.29) is 5.25 Å². The molecule has 136 valence electrons. The highest BCUT2D eigenvalue weighted by molar-refractivity contribution is 7.81. The predicted octanol–water partition coefficient (Wildman–Crippen LogP) is 5.64. The number of nitrogens with zero attached hydrogens (tertiary/aromatic N) is 3. The molecule has 0 aliphatic carbocycles. The van der Waals surface area contributed by atoms with Crippen molar-refractivity contribution < 1.29 is 0 Å². The molecule has 0 aliphatic heterocycles. The van der Waals surface area contributed by atoms with Crippen molar-refractivity contribution in [2.75, 3.05) is 4.72 Å². The molecular formula is C21H20N4S2. The monoisotopic (exact) mass is 392 g/mol. The number of hydrogen-bond donors (Lipinski definition) is 3. The Morgan fingerprint density at radius 1 is 1.07 bits per heavy atom. The first-order valence-electron chi connectivity index (χ1n) is 8.72. The molecule has 2 aromatic heterocycles. The third kappa shape index (κ3) is 3.31. The van der Waals surface area contributed by atoms with Crippen LogP contribution in [0.3, 0.4) is 0 Å². The fraction of sp³-hybridized carbons (Fsp3) is 0.143. The summed E-state index contributed by atoms with van der Waals surface area (Å²) < 4.78 is 4.96. The maximum Gasteiger partial charge on any atom is 0.0986 e. The van der Waals surface area contributed by atoms with E-state index in [4.69, 9.17) is 5.10 Å². The van der Waals surface area contributed by atoms with Crippen LogP contribution in [0.2, 0.25) is 0 Å². The minimum Gasteiger partial charge on any atom is -0.330 e. The van der Waals surface area contributed by atoms with Crippen molar-refractivity contribution in [1.82, 2.24) is 14.8 Å². The Labute approximate surface area is 169 Å². The summed E-state index contributed by atoms with van der Waals surface area (Å²) in [5.74, 6) is 0. The zero-order valence-corrected chi connectivity index (χ0v) is 16.9. The van der Waals surface area contributed by atoms with Gasteiger partial charge in [0.15, 0.2) is 0 Å². The molecule has 27 heavy (non-hydrogen) atoms. The van der Waals surface area contributed by atoms with Crippen LogP contribution in [-0.2, 0) is 0 Å². The Morgan fingerprint density at radius 3 is 2.56 bits per heavy atom. The zero-order valence-electron chi connectivity index (χ0n) is 15.1. The van der Waals surface area contributed by atoms with Gasteiger partial charge in [-0.3, -0.25) is 4.98 Å². The first-order chi connectivity index (χ1) is 13.1. The Morgan fingerprint density at radius 2 is 1.85 bits per heavy atom. The van der Waals surface area contributed by atoms with Gasteiger partial charge in [-0.25, -0.2) is 4.68 Å². The number of pyridine rings is 1. The summed E-state index contributed by atoms with van der Waals surface area (Å²) >= 11 is 8.82. The molecule has 1 unspecified atom stereocenters. The van der Waals surface area contributed by atoms with Crippen LogP contribution in [0, 0.1) is 6.92 Å². The van der Waals surface area contributed by atoms with E-state index in [1.54, 1.807) is 6.20 Å². The number of rotatable bonds is 4. The summed E-state index contributed by atoms with van der Waals surface area (Å²) in [4.78, 5) is 4.48. The molecule has 0 fully saturated rings. The number of hydrogen-bond acceptors (Lipinski definition) is 5. The number of anilines is 1. The first-order valence-corrected chi connectivity index (χ1v) is 9.68. The predicted molar refractivity (Wildman–Crippen MR) is 119 cm³/mol. The van der Waals surface area contributed by atoms with Gasteiger partial charge in [0.1, 0.15) is 0 Å². The quantitative estimate of drug-likeness (QED) is 0.394. The number of aryl methyl sites for hydroxylation is 1. The van der Waals surface area contributed by atoms with Crippen LogP contribution in [0.25, 0.3) is 27.8 Å². The van der Waals surface area contributed by atoms with Crippen LogP contribution in [0.1, 0.15) is 23.4 Å². The van der Waals surface area contributed by atoms with E-state index >= 15 is 0 Å². The number of benzene rings is 2. The highest BCUT2D eigenvalue weighted by atomic mass is 32.1. The van der Waals surface area contributed by atoms with Gasteiger partial charge in [-0.1, -0.05) is 37.1 Å². The van der Waals surface area contributed by atoms with Gasteiger partial charge in [0.05, 0.1) is 28.3 Å². The standard InChI is InChI=1S/C21H20N4S2/c1-13-12-20(16-7-5-15(6-8-16)14(2)26)25(23-13)21-17-4-3-11-22-18(17)9-10-19(21)24-27/h3-12,14,24,26-27H,1-2H3. The highest BCUT2D eigenvalue weighted by Gasteiger charge is 2.16. The lowest BCUT2D eigenvalue weighted by Crippen LogP contribution is -2.04. The van der Waals surface area contributed by atoms with E-state index in [1.807, 2.05) is 29.8 Å². The fourth-order valence-electron chi connectivity index (χ4n) is 3.26. The minimum atomic E-state index is 0.204. The smallest absolute Gasteiger partial charge is 0.0986 e. The molecule has 0 aliphatic rings. The van der Waals surface area contributed by atoms with Gasteiger partial charge < -0.3 is 4.72 Å². The zero-order chi connectivity index (χ0) is 19.0. The van der Waals surface area contributed by atoms with E-state index in [0.29, 0.717) is 0 Å². The molecule has 0 amide bonds. The molecular weight excluding hydrogens is 372 g/mol. The molecule has 0 radical (unpaired) electrons. The Balaban J connectivity index is 1.95. The normalized spacial score (nSPS) is 12.3. The molecule has 0 bridgehead atoms. The molecule has 6 heteroatoms. The summed E-state index contributed by atoms with van der Waals surface area (Å²) in [7, 11) is 0. The lowest BCUT2D eigenvalue weighted by molar-refractivity contribution is 0.877. The molecule has 4 nitrogen and oxygen atoms in total. The van der Waals surface area contributed by atoms with Gasteiger partial charge in [0, 0.05) is 22.4 Å². The number of fused-ring (bicyclic) bond motifs is 1. The fourth-order valence-corrected chi connectivity index (χ4v) is 3.62. The van der Waals surface area contributed by atoms with Gasteiger partial charge in [0.2, 0.25) is 0 Å². The minimum absolute atomic E-state index is 0.204. The van der Waals surface area contributed by atoms with Crippen molar-refractivity contribution >= 4 is 42.0 Å². The summed E-state index contributed by atoms with van der Waals surface area (Å²) in [5, 5.41) is 5.99. The summed E-state index contributed by atoms with van der Waals surface area (Å²) in [6, 6.07) is 18.5. The Hall–Kier alpha value is -2.44. The Bertz CT molecular complexity index is 1100. The van der Waals surface area contributed by atoms with Crippen LogP contribution in [0.4, 0.5) is 5.69 Å². The van der Waals surface area contributed by atoms with E-state index in [1.165, 1.54) is 5.56 Å². The average molecular weight is 393 g/mol. The third-order valence-corrected chi connectivity index (χ3v) is 5.15. The molecule has 0 saturated carbocycles. The Kier molecular flexibility index (Phi) is 4.85. The molecule has 1 atom stereocenters. The van der Waals surface area contributed by atoms with Gasteiger partial charge >= 0.3 is 0 Å². The van der Waals surface area contributed by atoms with Crippen molar-refractivity contribution in [3.05, 3.63) is 72.1 Å². The average Bonchev–Trinajstić information content (AvgIpc) is 3.08. The number of thiol groups is 2. The van der Waals surface area contributed by atoms with Crippen LogP contribution in [0.15, 0.2) is 60.8 Å². The van der Waals surface area contributed by atoms with Crippen molar-refractivity contribution in [3.63, 3.8) is 0 Å². The van der Waals surface area contributed by atoms with Gasteiger partial charge in [0.25, 0.3) is 0 Å². The van der Waals surface area contributed by atoms with E-state index < -0.39 is 0 Å². The van der Waals surface area contributed by atoms with E-state index in [9.17, 15) is 0 Å². The lowest BCUT2D eigenvalue weighted by Gasteiger charge is -2.15. The summed E-state index contributed by atoms with van der Waals surface area (Å²) in [6.07, 6.45) is 1.80. The number of nitrogens with one attached hydrogen (secondary N) is 1. The van der Waals surface area contributed by atoms with Crippen LogP contribution < -0.4 is 4.72 Å². The lowest BCUT2D eigenvalue weighted by atomic mass is 10.1. The van der Waals surface area contributed by atoms with Crippen molar-refractivity contribution in [1.29, 1.82) is 0 Å². The second-order valence-corrected chi connectivity index (χ2v) is 7.52. The molecule has 0 spiro atoms. The molecule has 0 saturated heterocycles. The van der Waals surface area contributed by atoms with Crippen molar-refractivity contribution in [3.8, 4) is 16.9 Å². The van der Waals surface area contributed by atoms with Crippen molar-refractivity contribution in [2.45, 2.75) is 19.1 Å². The maximum atomic E-state index is 4.77. The molecule has 1 N–H and O–H groups in total. The van der Waals surface area contributed by atoms with Crippen LogP contribution in [-0.4, -0.2) is 14.8 Å². The van der Waals surface area contributed by atoms with E-state index in [0.717, 1.165) is 39.2 Å². The van der Waals surface area contributed by atoms with Crippen LogP contribution in [0.5, 0.6) is 0 Å². The molecule has 2 aromatic carbocycles. The van der Waals surface area contributed by atoms with E-state index in [2.05, 4.69) is 78.5 Å². The summed E-state index contributed by atoms with van der Waals surface area (Å²) in [6.45, 7) is 4.07. The SMILES string of the molecule is Cc1cc(-c2ccc(C(C)S)cc2)n(-c2c(NS)ccc3ncccc23)n1. The van der Waals surface area contributed by atoms with Gasteiger partial charge in [-0.2, -0.15) is 17.7 Å². The molecule has 4 rings (SSSR count). The molecule has 2 heterocycles. The van der Waals surface area contributed by atoms with Gasteiger partial charge in [-0.15, -0.1) is 0 Å². The summed E-state index contributed by atoms with van der Waals surface area (Å²) in [5.41, 5.74) is 6.98. The maximum absolute atomic E-state index is 4.77. The largest absolute Gasteiger partial charge is 0.330 e.